The maximum Gasteiger partial charge on any atom is 0.356 e. The number of esters is 1. The van der Waals surface area contributed by atoms with Crippen LogP contribution in [0.3, 0.4) is 0 Å². The van der Waals surface area contributed by atoms with Crippen LogP contribution in [0.25, 0.3) is 0 Å². The highest BCUT2D eigenvalue weighted by Gasteiger charge is 2.16. The summed E-state index contributed by atoms with van der Waals surface area (Å²) < 4.78 is 4.76. The fourth-order valence-corrected chi connectivity index (χ4v) is 2.74. The Kier molecular flexibility index (Phi) is 6.74. The van der Waals surface area contributed by atoms with Crippen LogP contribution in [0.5, 0.6) is 0 Å². The highest BCUT2D eigenvalue weighted by atomic mass is 16.5. The maximum absolute atomic E-state index is 12.8. The molecule has 0 saturated heterocycles. The van der Waals surface area contributed by atoms with E-state index < -0.39 is 11.9 Å². The van der Waals surface area contributed by atoms with Crippen LogP contribution in [-0.2, 0) is 9.53 Å². The summed E-state index contributed by atoms with van der Waals surface area (Å²) in [6.45, 7) is 0. The Balaban J connectivity index is 1.85. The molecule has 6 heteroatoms. The van der Waals surface area contributed by atoms with Gasteiger partial charge in [-0.1, -0.05) is 60.7 Å². The molecule has 3 rings (SSSR count). The highest BCUT2D eigenvalue weighted by Crippen LogP contribution is 2.19. The molecule has 2 N–H and O–H groups in total. The van der Waals surface area contributed by atoms with Gasteiger partial charge >= 0.3 is 5.97 Å². The molecule has 0 fully saturated rings. The first kappa shape index (κ1) is 20.5. The second-order valence-corrected chi connectivity index (χ2v) is 6.25. The van der Waals surface area contributed by atoms with Crippen molar-refractivity contribution in [2.75, 3.05) is 12.4 Å². The van der Waals surface area contributed by atoms with Gasteiger partial charge in [0.1, 0.15) is 5.70 Å². The Morgan fingerprint density at radius 2 is 1.33 bits per heavy atom. The highest BCUT2D eigenvalue weighted by molar-refractivity contribution is 6.12. The molecule has 0 radical (unpaired) electrons. The van der Waals surface area contributed by atoms with Crippen molar-refractivity contribution < 1.29 is 19.1 Å². The van der Waals surface area contributed by atoms with Crippen LogP contribution in [0, 0.1) is 0 Å². The quantitative estimate of drug-likeness (QED) is 0.358. The molecule has 0 aromatic heterocycles. The van der Waals surface area contributed by atoms with E-state index in [9.17, 15) is 14.4 Å². The Hall–Kier alpha value is -4.19. The largest absolute Gasteiger partial charge is 0.464 e. The van der Waals surface area contributed by atoms with E-state index in [1.165, 1.54) is 13.3 Å². The second kappa shape index (κ2) is 9.84. The van der Waals surface area contributed by atoms with Crippen molar-refractivity contribution in [3.05, 3.63) is 114 Å². The van der Waals surface area contributed by atoms with Crippen LogP contribution < -0.4 is 10.6 Å². The number of rotatable bonds is 7. The number of benzene rings is 3. The fraction of sp³-hybridized carbons (Fsp3) is 0.0417. The van der Waals surface area contributed by atoms with E-state index in [0.717, 1.165) is 0 Å². The van der Waals surface area contributed by atoms with E-state index in [1.807, 2.05) is 6.07 Å². The molecule has 0 atom stereocenters. The normalized spacial score (nSPS) is 10.8. The third-order valence-corrected chi connectivity index (χ3v) is 4.27. The van der Waals surface area contributed by atoms with E-state index >= 15 is 0 Å². The lowest BCUT2D eigenvalue weighted by Gasteiger charge is -2.11. The summed E-state index contributed by atoms with van der Waals surface area (Å²) in [6, 6.07) is 24.3. The van der Waals surface area contributed by atoms with Crippen LogP contribution >= 0.6 is 0 Å². The molecule has 0 heterocycles. The summed E-state index contributed by atoms with van der Waals surface area (Å²) >= 11 is 0. The standard InChI is InChI=1S/C24H20N2O4/c1-30-24(29)21(26-23(28)18-12-6-3-7-13-18)16-25-20-15-9-8-14-19(20)22(27)17-10-4-2-5-11-17/h2-16,25H,1H3,(H,26,28)/b21-16-. The van der Waals surface area contributed by atoms with Gasteiger partial charge in [-0.2, -0.15) is 0 Å². The number of methoxy groups -OCH3 is 1. The lowest BCUT2D eigenvalue weighted by atomic mass is 10.0. The summed E-state index contributed by atoms with van der Waals surface area (Å²) in [5.41, 5.74) is 1.77. The van der Waals surface area contributed by atoms with Crippen molar-refractivity contribution in [2.24, 2.45) is 0 Å². The first-order valence-corrected chi connectivity index (χ1v) is 9.20. The molecular formula is C24H20N2O4. The predicted molar refractivity (Wildman–Crippen MR) is 114 cm³/mol. The van der Waals surface area contributed by atoms with Gasteiger partial charge in [0.05, 0.1) is 7.11 Å². The summed E-state index contributed by atoms with van der Waals surface area (Å²) in [5, 5.41) is 5.47. The van der Waals surface area contributed by atoms with E-state index in [-0.39, 0.29) is 11.5 Å². The average Bonchev–Trinajstić information content (AvgIpc) is 2.82. The lowest BCUT2D eigenvalue weighted by Crippen LogP contribution is -2.28. The number of carbonyl (C=O) groups is 3. The van der Waals surface area contributed by atoms with Gasteiger partial charge in [-0.25, -0.2) is 4.79 Å². The molecule has 0 unspecified atom stereocenters. The molecule has 6 nitrogen and oxygen atoms in total. The van der Waals surface area contributed by atoms with Gasteiger partial charge in [-0.15, -0.1) is 0 Å². The van der Waals surface area contributed by atoms with Crippen LogP contribution in [-0.4, -0.2) is 24.8 Å². The van der Waals surface area contributed by atoms with Gasteiger partial charge < -0.3 is 15.4 Å². The van der Waals surface area contributed by atoms with Crippen LogP contribution in [0.4, 0.5) is 5.69 Å². The summed E-state index contributed by atoms with van der Waals surface area (Å²) in [5.74, 6) is -1.35. The Morgan fingerprint density at radius 1 is 0.767 bits per heavy atom. The molecule has 3 aromatic carbocycles. The predicted octanol–water partition coefficient (Wildman–Crippen LogP) is 3.77. The SMILES string of the molecule is COC(=O)/C(=C/Nc1ccccc1C(=O)c1ccccc1)NC(=O)c1ccccc1. The average molecular weight is 400 g/mol. The van der Waals surface area contributed by atoms with Crippen molar-refractivity contribution in [1.29, 1.82) is 0 Å². The molecule has 30 heavy (non-hydrogen) atoms. The Morgan fingerprint density at radius 3 is 1.97 bits per heavy atom. The van der Waals surface area contributed by atoms with Crippen molar-refractivity contribution in [1.82, 2.24) is 5.32 Å². The first-order chi connectivity index (χ1) is 14.6. The van der Waals surface area contributed by atoms with E-state index in [4.69, 9.17) is 4.74 Å². The van der Waals surface area contributed by atoms with Crippen LogP contribution in [0.2, 0.25) is 0 Å². The number of nitrogens with one attached hydrogen (secondary N) is 2. The number of amides is 1. The summed E-state index contributed by atoms with van der Waals surface area (Å²) in [4.78, 5) is 37.4. The second-order valence-electron chi connectivity index (χ2n) is 6.25. The van der Waals surface area contributed by atoms with Gasteiger partial charge in [0, 0.05) is 28.6 Å². The number of para-hydroxylation sites is 1. The van der Waals surface area contributed by atoms with Gasteiger partial charge in [0.2, 0.25) is 0 Å². The maximum atomic E-state index is 12.8. The number of ketones is 1. The minimum Gasteiger partial charge on any atom is -0.464 e. The van der Waals surface area contributed by atoms with E-state index in [0.29, 0.717) is 22.4 Å². The van der Waals surface area contributed by atoms with E-state index in [2.05, 4.69) is 10.6 Å². The Bertz CT molecular complexity index is 1080. The minimum absolute atomic E-state index is 0.0895. The summed E-state index contributed by atoms with van der Waals surface area (Å²) in [7, 11) is 1.22. The van der Waals surface area contributed by atoms with Gasteiger partial charge in [-0.3, -0.25) is 9.59 Å². The molecular weight excluding hydrogens is 380 g/mol. The number of anilines is 1. The van der Waals surface area contributed by atoms with Crippen molar-refractivity contribution >= 4 is 23.3 Å². The molecule has 0 aliphatic carbocycles. The molecule has 0 bridgehead atoms. The van der Waals surface area contributed by atoms with E-state index in [1.54, 1.807) is 78.9 Å². The molecule has 0 aliphatic rings. The van der Waals surface area contributed by atoms with Gasteiger partial charge in [0.25, 0.3) is 5.91 Å². The monoisotopic (exact) mass is 400 g/mol. The third-order valence-electron chi connectivity index (χ3n) is 4.27. The van der Waals surface area contributed by atoms with Crippen molar-refractivity contribution in [3.63, 3.8) is 0 Å². The van der Waals surface area contributed by atoms with Crippen LogP contribution in [0.15, 0.2) is 96.8 Å². The Labute approximate surface area is 174 Å². The molecule has 3 aromatic rings. The smallest absolute Gasteiger partial charge is 0.356 e. The van der Waals surface area contributed by atoms with Crippen molar-refractivity contribution in [3.8, 4) is 0 Å². The molecule has 150 valence electrons. The van der Waals surface area contributed by atoms with Crippen molar-refractivity contribution in [2.45, 2.75) is 0 Å². The number of ether oxygens (including phenoxy) is 1. The summed E-state index contributed by atoms with van der Waals surface area (Å²) in [6.07, 6.45) is 1.31. The topological polar surface area (TPSA) is 84.5 Å². The zero-order valence-electron chi connectivity index (χ0n) is 16.3. The zero-order chi connectivity index (χ0) is 21.3. The number of hydrogen-bond donors (Lipinski definition) is 2. The minimum atomic E-state index is -0.723. The molecule has 0 saturated carbocycles. The fourth-order valence-electron chi connectivity index (χ4n) is 2.74. The first-order valence-electron chi connectivity index (χ1n) is 9.20. The number of hydrogen-bond acceptors (Lipinski definition) is 5. The number of carbonyl (C=O) groups excluding carboxylic acids is 3. The lowest BCUT2D eigenvalue weighted by molar-refractivity contribution is -0.136. The van der Waals surface area contributed by atoms with Crippen LogP contribution in [0.1, 0.15) is 26.3 Å². The molecule has 1 amide bonds. The zero-order valence-corrected chi connectivity index (χ0v) is 16.3. The molecule has 0 spiro atoms. The third kappa shape index (κ3) is 4.99. The molecule has 0 aliphatic heterocycles. The van der Waals surface area contributed by atoms with Gasteiger partial charge in [-0.05, 0) is 24.3 Å². The van der Waals surface area contributed by atoms with Gasteiger partial charge in [0.15, 0.2) is 5.78 Å².